The van der Waals surface area contributed by atoms with Crippen LogP contribution in [-0.4, -0.2) is 37.6 Å². The molecule has 0 N–H and O–H groups in total. The first-order valence-electron chi connectivity index (χ1n) is 7.84. The van der Waals surface area contributed by atoms with Gasteiger partial charge in [0.15, 0.2) is 0 Å². The molecular formula is C17H28N2O. The Balaban J connectivity index is 2.20. The van der Waals surface area contributed by atoms with Gasteiger partial charge in [-0.1, -0.05) is 25.7 Å². The summed E-state index contributed by atoms with van der Waals surface area (Å²) in [7, 11) is 6.08. The standard InChI is InChI=1S/C17H28N2O/c1-19(2)13-14-8-6-4-5-7-9-17(14)15-10-16(20-3)12-18-11-15/h10-12,14,17H,4-9,13H2,1-3H3/t14-,17+/m0/s1. The zero-order valence-electron chi connectivity index (χ0n) is 13.1. The van der Waals surface area contributed by atoms with Gasteiger partial charge < -0.3 is 9.64 Å². The SMILES string of the molecule is COc1cncc([C@@H]2CCCCCC[C@H]2CN(C)C)c1. The molecule has 3 heteroatoms. The van der Waals surface area contributed by atoms with E-state index >= 15 is 0 Å². The molecule has 3 nitrogen and oxygen atoms in total. The number of nitrogens with zero attached hydrogens (tertiary/aromatic N) is 2. The molecule has 112 valence electrons. The maximum absolute atomic E-state index is 5.35. The topological polar surface area (TPSA) is 25.4 Å². The van der Waals surface area contributed by atoms with Crippen LogP contribution in [0.2, 0.25) is 0 Å². The quantitative estimate of drug-likeness (QED) is 0.838. The number of ether oxygens (including phenoxy) is 1. The van der Waals surface area contributed by atoms with Crippen LogP contribution in [0.15, 0.2) is 18.5 Å². The van der Waals surface area contributed by atoms with Crippen molar-refractivity contribution in [2.45, 2.75) is 44.4 Å². The minimum Gasteiger partial charge on any atom is -0.495 e. The van der Waals surface area contributed by atoms with Crippen LogP contribution in [0.1, 0.15) is 50.0 Å². The average molecular weight is 276 g/mol. The van der Waals surface area contributed by atoms with E-state index in [1.807, 2.05) is 6.20 Å². The Labute approximate surface area is 123 Å². The van der Waals surface area contributed by atoms with Gasteiger partial charge in [0.2, 0.25) is 0 Å². The summed E-state index contributed by atoms with van der Waals surface area (Å²) >= 11 is 0. The van der Waals surface area contributed by atoms with Gasteiger partial charge in [0.1, 0.15) is 5.75 Å². The van der Waals surface area contributed by atoms with Gasteiger partial charge in [0, 0.05) is 12.7 Å². The lowest BCUT2D eigenvalue weighted by molar-refractivity contribution is 0.248. The summed E-state index contributed by atoms with van der Waals surface area (Å²) in [5.74, 6) is 2.24. The van der Waals surface area contributed by atoms with E-state index in [0.29, 0.717) is 5.92 Å². The second-order valence-electron chi connectivity index (χ2n) is 6.28. The Morgan fingerprint density at radius 1 is 1.15 bits per heavy atom. The Bertz CT molecular complexity index is 406. The molecule has 0 spiro atoms. The molecule has 2 atom stereocenters. The van der Waals surface area contributed by atoms with Crippen LogP contribution in [0.3, 0.4) is 0 Å². The van der Waals surface area contributed by atoms with E-state index in [1.165, 1.54) is 50.6 Å². The number of aromatic nitrogens is 1. The molecular weight excluding hydrogens is 248 g/mol. The van der Waals surface area contributed by atoms with Crippen molar-refractivity contribution >= 4 is 0 Å². The van der Waals surface area contributed by atoms with E-state index < -0.39 is 0 Å². The van der Waals surface area contributed by atoms with E-state index in [0.717, 1.165) is 11.7 Å². The predicted octanol–water partition coefficient (Wildman–Crippen LogP) is 3.71. The minimum atomic E-state index is 0.625. The predicted molar refractivity (Wildman–Crippen MR) is 83.3 cm³/mol. The lowest BCUT2D eigenvalue weighted by atomic mass is 9.78. The first-order valence-corrected chi connectivity index (χ1v) is 7.84. The van der Waals surface area contributed by atoms with Crippen LogP contribution in [-0.2, 0) is 0 Å². The maximum atomic E-state index is 5.35. The van der Waals surface area contributed by atoms with E-state index in [4.69, 9.17) is 4.74 Å². The van der Waals surface area contributed by atoms with Gasteiger partial charge in [-0.15, -0.1) is 0 Å². The highest BCUT2D eigenvalue weighted by molar-refractivity contribution is 5.27. The monoisotopic (exact) mass is 276 g/mol. The molecule has 1 saturated carbocycles. The Hall–Kier alpha value is -1.09. The molecule has 20 heavy (non-hydrogen) atoms. The highest BCUT2D eigenvalue weighted by Crippen LogP contribution is 2.36. The Morgan fingerprint density at radius 2 is 1.90 bits per heavy atom. The van der Waals surface area contributed by atoms with Crippen molar-refractivity contribution < 1.29 is 4.74 Å². The lowest BCUT2D eigenvalue weighted by Gasteiger charge is -2.31. The van der Waals surface area contributed by atoms with Gasteiger partial charge in [0.25, 0.3) is 0 Å². The fourth-order valence-corrected chi connectivity index (χ4v) is 3.44. The van der Waals surface area contributed by atoms with Gasteiger partial charge in [-0.3, -0.25) is 4.98 Å². The lowest BCUT2D eigenvalue weighted by Crippen LogP contribution is -2.27. The highest BCUT2D eigenvalue weighted by atomic mass is 16.5. The largest absolute Gasteiger partial charge is 0.495 e. The third kappa shape index (κ3) is 4.20. The van der Waals surface area contributed by atoms with E-state index in [9.17, 15) is 0 Å². The fraction of sp³-hybridized carbons (Fsp3) is 0.706. The number of hydrogen-bond acceptors (Lipinski definition) is 3. The van der Waals surface area contributed by atoms with Gasteiger partial charge in [-0.2, -0.15) is 0 Å². The maximum Gasteiger partial charge on any atom is 0.137 e. The van der Waals surface area contributed by atoms with Crippen LogP contribution in [0, 0.1) is 5.92 Å². The molecule has 2 rings (SSSR count). The zero-order chi connectivity index (χ0) is 14.4. The third-order valence-electron chi connectivity index (χ3n) is 4.41. The Morgan fingerprint density at radius 3 is 2.60 bits per heavy atom. The van der Waals surface area contributed by atoms with Gasteiger partial charge >= 0.3 is 0 Å². The molecule has 1 aliphatic carbocycles. The van der Waals surface area contributed by atoms with Gasteiger partial charge in [-0.05, 0) is 50.4 Å². The first kappa shape index (κ1) is 15.3. The van der Waals surface area contributed by atoms with Crippen molar-refractivity contribution in [2.24, 2.45) is 5.92 Å². The van der Waals surface area contributed by atoms with Crippen molar-refractivity contribution in [3.05, 3.63) is 24.0 Å². The molecule has 0 bridgehead atoms. The molecule has 0 radical (unpaired) electrons. The summed E-state index contributed by atoms with van der Waals surface area (Å²) in [6, 6.07) is 2.18. The minimum absolute atomic E-state index is 0.625. The molecule has 1 aromatic rings. The highest BCUT2D eigenvalue weighted by Gasteiger charge is 2.25. The normalized spacial score (nSPS) is 24.2. The van der Waals surface area contributed by atoms with Crippen molar-refractivity contribution in [2.75, 3.05) is 27.7 Å². The molecule has 1 heterocycles. The van der Waals surface area contributed by atoms with E-state index in [2.05, 4.69) is 30.0 Å². The molecule has 1 fully saturated rings. The second kappa shape index (κ2) is 7.63. The van der Waals surface area contributed by atoms with Crippen LogP contribution in [0.25, 0.3) is 0 Å². The van der Waals surface area contributed by atoms with Gasteiger partial charge in [-0.25, -0.2) is 0 Å². The molecule has 1 aromatic heterocycles. The number of hydrogen-bond donors (Lipinski definition) is 0. The van der Waals surface area contributed by atoms with Crippen molar-refractivity contribution in [3.8, 4) is 5.75 Å². The van der Waals surface area contributed by atoms with Gasteiger partial charge in [0.05, 0.1) is 13.3 Å². The van der Waals surface area contributed by atoms with Crippen LogP contribution >= 0.6 is 0 Å². The second-order valence-corrected chi connectivity index (χ2v) is 6.28. The molecule has 0 aliphatic heterocycles. The Kier molecular flexibility index (Phi) is 5.84. The number of rotatable bonds is 4. The molecule has 1 aliphatic rings. The average Bonchev–Trinajstić information content (AvgIpc) is 2.42. The summed E-state index contributed by atoms with van der Waals surface area (Å²) in [5.41, 5.74) is 1.36. The summed E-state index contributed by atoms with van der Waals surface area (Å²) in [6.45, 7) is 1.17. The van der Waals surface area contributed by atoms with E-state index in [-0.39, 0.29) is 0 Å². The summed E-state index contributed by atoms with van der Waals surface area (Å²) < 4.78 is 5.35. The van der Waals surface area contributed by atoms with Crippen LogP contribution < -0.4 is 4.74 Å². The van der Waals surface area contributed by atoms with Crippen molar-refractivity contribution in [1.29, 1.82) is 0 Å². The smallest absolute Gasteiger partial charge is 0.137 e. The molecule has 0 aromatic carbocycles. The van der Waals surface area contributed by atoms with Crippen molar-refractivity contribution in [1.82, 2.24) is 9.88 Å². The number of pyridine rings is 1. The summed E-state index contributed by atoms with van der Waals surface area (Å²) in [5, 5.41) is 0. The molecule has 0 saturated heterocycles. The number of methoxy groups -OCH3 is 1. The summed E-state index contributed by atoms with van der Waals surface area (Å²) in [6.07, 6.45) is 11.9. The first-order chi connectivity index (χ1) is 9.70. The molecule has 0 unspecified atom stereocenters. The van der Waals surface area contributed by atoms with E-state index in [1.54, 1.807) is 13.3 Å². The zero-order valence-corrected chi connectivity index (χ0v) is 13.1. The van der Waals surface area contributed by atoms with Crippen LogP contribution in [0.4, 0.5) is 0 Å². The molecule has 0 amide bonds. The fourth-order valence-electron chi connectivity index (χ4n) is 3.44. The third-order valence-corrected chi connectivity index (χ3v) is 4.41. The van der Waals surface area contributed by atoms with Crippen LogP contribution in [0.5, 0.6) is 5.75 Å². The summed E-state index contributed by atoms with van der Waals surface area (Å²) in [4.78, 5) is 6.69. The van der Waals surface area contributed by atoms with Crippen molar-refractivity contribution in [3.63, 3.8) is 0 Å².